The maximum Gasteiger partial charge on any atom is 0.269 e. The maximum atomic E-state index is 12.0. The number of nitro groups is 1. The Morgan fingerprint density at radius 3 is 2.44 bits per heavy atom. The van der Waals surface area contributed by atoms with E-state index in [4.69, 9.17) is 12.2 Å². The van der Waals surface area contributed by atoms with E-state index in [0.717, 1.165) is 17.7 Å². The number of nitro benzene ring substituents is 1. The average Bonchev–Trinajstić information content (AvgIpc) is 2.61. The minimum absolute atomic E-state index is 0.00149. The first-order valence-corrected chi connectivity index (χ1v) is 8.07. The molecule has 8 heteroatoms. The lowest BCUT2D eigenvalue weighted by molar-refractivity contribution is -0.384. The lowest BCUT2D eigenvalue weighted by Gasteiger charge is -2.12. The Balaban J connectivity index is 1.83. The zero-order valence-corrected chi connectivity index (χ0v) is 14.4. The summed E-state index contributed by atoms with van der Waals surface area (Å²) in [4.78, 5) is 22.2. The van der Waals surface area contributed by atoms with E-state index < -0.39 is 4.92 Å². The number of hydrogen-bond acceptors (Lipinski definition) is 4. The largest absolute Gasteiger partial charge is 0.353 e. The van der Waals surface area contributed by atoms with E-state index >= 15 is 0 Å². The number of para-hydroxylation sites is 1. The van der Waals surface area contributed by atoms with Crippen molar-refractivity contribution in [3.63, 3.8) is 0 Å². The van der Waals surface area contributed by atoms with Crippen molar-refractivity contribution in [1.29, 1.82) is 0 Å². The summed E-state index contributed by atoms with van der Waals surface area (Å²) in [6.07, 6.45) is 0.823. The van der Waals surface area contributed by atoms with E-state index in [0.29, 0.717) is 5.69 Å². The minimum atomic E-state index is -0.473. The van der Waals surface area contributed by atoms with E-state index in [1.807, 2.05) is 31.2 Å². The summed E-state index contributed by atoms with van der Waals surface area (Å²) in [5.74, 6) is -0.214. The molecule has 1 amide bonds. The molecule has 0 atom stereocenters. The van der Waals surface area contributed by atoms with Crippen molar-refractivity contribution in [2.45, 2.75) is 13.3 Å². The Morgan fingerprint density at radius 1 is 1.12 bits per heavy atom. The van der Waals surface area contributed by atoms with Gasteiger partial charge in [0.1, 0.15) is 0 Å². The van der Waals surface area contributed by atoms with Crippen LogP contribution in [-0.4, -0.2) is 22.5 Å². The predicted octanol–water partition coefficient (Wildman–Crippen LogP) is 3.08. The van der Waals surface area contributed by atoms with Crippen molar-refractivity contribution < 1.29 is 9.72 Å². The van der Waals surface area contributed by atoms with Crippen molar-refractivity contribution in [2.24, 2.45) is 0 Å². The summed E-state index contributed by atoms with van der Waals surface area (Å²) in [5, 5.41) is 19.4. The summed E-state index contributed by atoms with van der Waals surface area (Å²) >= 11 is 5.12. The molecule has 0 fully saturated rings. The molecule has 0 unspecified atom stereocenters. The smallest absolute Gasteiger partial charge is 0.269 e. The van der Waals surface area contributed by atoms with E-state index in [1.165, 1.54) is 12.1 Å². The topological polar surface area (TPSA) is 96.3 Å². The van der Waals surface area contributed by atoms with Gasteiger partial charge in [0, 0.05) is 23.5 Å². The second-order valence-electron chi connectivity index (χ2n) is 5.17. The summed E-state index contributed by atoms with van der Waals surface area (Å²) in [6.45, 7) is 2.03. The van der Waals surface area contributed by atoms with Crippen molar-refractivity contribution in [3.8, 4) is 0 Å². The molecule has 2 rings (SSSR count). The monoisotopic (exact) mass is 358 g/mol. The van der Waals surface area contributed by atoms with Gasteiger partial charge in [-0.3, -0.25) is 14.9 Å². The fourth-order valence-electron chi connectivity index (χ4n) is 2.15. The quantitative estimate of drug-likeness (QED) is 0.417. The molecule has 3 N–H and O–H groups in total. The van der Waals surface area contributed by atoms with Crippen molar-refractivity contribution in [3.05, 3.63) is 64.2 Å². The Labute approximate surface area is 150 Å². The first-order chi connectivity index (χ1) is 12.0. The highest BCUT2D eigenvalue weighted by molar-refractivity contribution is 7.80. The number of anilines is 2. The van der Waals surface area contributed by atoms with Crippen LogP contribution >= 0.6 is 12.2 Å². The number of carbonyl (C=O) groups is 1. The normalized spacial score (nSPS) is 9.96. The van der Waals surface area contributed by atoms with Gasteiger partial charge in [-0.05, 0) is 42.4 Å². The lowest BCUT2D eigenvalue weighted by atomic mass is 10.1. The van der Waals surface area contributed by atoms with Gasteiger partial charge in [-0.25, -0.2) is 0 Å². The van der Waals surface area contributed by atoms with Crippen LogP contribution in [0, 0.1) is 10.1 Å². The third-order valence-corrected chi connectivity index (χ3v) is 3.66. The third kappa shape index (κ3) is 5.54. The number of benzene rings is 2. The molecule has 0 radical (unpaired) electrons. The van der Waals surface area contributed by atoms with Gasteiger partial charge in [0.2, 0.25) is 5.91 Å². The Bertz CT molecular complexity index is 778. The van der Waals surface area contributed by atoms with Gasteiger partial charge >= 0.3 is 0 Å². The van der Waals surface area contributed by atoms with Gasteiger partial charge in [-0.15, -0.1) is 0 Å². The van der Waals surface area contributed by atoms with E-state index in [2.05, 4.69) is 16.0 Å². The number of aryl methyl sites for hydroxylation is 1. The van der Waals surface area contributed by atoms with Gasteiger partial charge < -0.3 is 16.0 Å². The van der Waals surface area contributed by atoms with Crippen LogP contribution in [-0.2, 0) is 11.2 Å². The molecule has 25 heavy (non-hydrogen) atoms. The number of thiocarbonyl (C=S) groups is 1. The molecule has 0 spiro atoms. The Kier molecular flexibility index (Phi) is 6.41. The fraction of sp³-hybridized carbons (Fsp3) is 0.176. The summed E-state index contributed by atoms with van der Waals surface area (Å²) < 4.78 is 0. The predicted molar refractivity (Wildman–Crippen MR) is 102 cm³/mol. The highest BCUT2D eigenvalue weighted by atomic mass is 32.1. The van der Waals surface area contributed by atoms with Crippen LogP contribution in [0.3, 0.4) is 0 Å². The van der Waals surface area contributed by atoms with Crippen LogP contribution in [0.5, 0.6) is 0 Å². The van der Waals surface area contributed by atoms with Crippen LogP contribution in [0.4, 0.5) is 17.1 Å². The van der Waals surface area contributed by atoms with Gasteiger partial charge in [0.25, 0.3) is 5.69 Å². The Morgan fingerprint density at radius 2 is 1.80 bits per heavy atom. The molecule has 0 saturated carbocycles. The van der Waals surface area contributed by atoms with Crippen LogP contribution < -0.4 is 16.0 Å². The number of rotatable bonds is 6. The molecule has 130 valence electrons. The molecule has 2 aromatic carbocycles. The molecule has 0 aliphatic heterocycles. The van der Waals surface area contributed by atoms with E-state index in [1.54, 1.807) is 12.1 Å². The number of amides is 1. The lowest BCUT2D eigenvalue weighted by Crippen LogP contribution is -2.35. The van der Waals surface area contributed by atoms with Crippen molar-refractivity contribution in [2.75, 3.05) is 17.2 Å². The van der Waals surface area contributed by atoms with Gasteiger partial charge in [-0.1, -0.05) is 25.1 Å². The zero-order valence-electron chi connectivity index (χ0n) is 13.6. The maximum absolute atomic E-state index is 12.0. The van der Waals surface area contributed by atoms with Crippen molar-refractivity contribution in [1.82, 2.24) is 5.32 Å². The summed E-state index contributed by atoms with van der Waals surface area (Å²) in [6, 6.07) is 13.4. The molecule has 7 nitrogen and oxygen atoms in total. The third-order valence-electron chi connectivity index (χ3n) is 3.42. The second kappa shape index (κ2) is 8.74. The molecule has 0 saturated heterocycles. The van der Waals surface area contributed by atoms with Crippen molar-refractivity contribution >= 4 is 40.3 Å². The minimum Gasteiger partial charge on any atom is -0.353 e. The fourth-order valence-corrected chi connectivity index (χ4v) is 2.34. The molecule has 0 aliphatic carbocycles. The molecule has 0 bridgehead atoms. The standard InChI is InChI=1S/C17H18N4O3S/c1-2-12-5-3-4-6-15(12)20-16(22)11-18-17(25)19-13-7-9-14(10-8-13)21(23)24/h3-10H,2,11H2,1H3,(H,20,22)(H2,18,19,25). The SMILES string of the molecule is CCc1ccccc1NC(=O)CNC(=S)Nc1ccc([N+](=O)[O-])cc1. The number of nitrogens with one attached hydrogen (secondary N) is 3. The summed E-state index contributed by atoms with van der Waals surface area (Å²) in [7, 11) is 0. The Hall–Kier alpha value is -3.00. The number of non-ortho nitro benzene ring substituents is 1. The van der Waals surface area contributed by atoms with Crippen LogP contribution in [0.1, 0.15) is 12.5 Å². The van der Waals surface area contributed by atoms with Crippen LogP contribution in [0.2, 0.25) is 0 Å². The molecular formula is C17H18N4O3S. The first-order valence-electron chi connectivity index (χ1n) is 7.66. The first kappa shape index (κ1) is 18.3. The van der Waals surface area contributed by atoms with Gasteiger partial charge in [0.05, 0.1) is 11.5 Å². The van der Waals surface area contributed by atoms with E-state index in [-0.39, 0.29) is 23.3 Å². The summed E-state index contributed by atoms with van der Waals surface area (Å²) in [5.41, 5.74) is 2.44. The van der Waals surface area contributed by atoms with E-state index in [9.17, 15) is 14.9 Å². The highest BCUT2D eigenvalue weighted by Gasteiger charge is 2.07. The second-order valence-corrected chi connectivity index (χ2v) is 5.58. The molecule has 0 heterocycles. The number of nitrogens with zero attached hydrogens (tertiary/aromatic N) is 1. The number of carbonyl (C=O) groups excluding carboxylic acids is 1. The van der Waals surface area contributed by atoms with Crippen LogP contribution in [0.25, 0.3) is 0 Å². The molecular weight excluding hydrogens is 340 g/mol. The zero-order chi connectivity index (χ0) is 18.2. The molecule has 0 aromatic heterocycles. The molecule has 2 aromatic rings. The highest BCUT2D eigenvalue weighted by Crippen LogP contribution is 2.16. The van der Waals surface area contributed by atoms with Gasteiger partial charge in [-0.2, -0.15) is 0 Å². The van der Waals surface area contributed by atoms with Crippen LogP contribution in [0.15, 0.2) is 48.5 Å². The number of hydrogen-bond donors (Lipinski definition) is 3. The molecule has 0 aliphatic rings. The van der Waals surface area contributed by atoms with Gasteiger partial charge in [0.15, 0.2) is 5.11 Å². The average molecular weight is 358 g/mol.